The first kappa shape index (κ1) is 14.3. The van der Waals surface area contributed by atoms with E-state index >= 15 is 0 Å². The van der Waals surface area contributed by atoms with Crippen molar-refractivity contribution in [2.45, 2.75) is 18.9 Å². The lowest BCUT2D eigenvalue weighted by molar-refractivity contribution is 0.110. The van der Waals surface area contributed by atoms with E-state index in [2.05, 4.69) is 27.9 Å². The molecular weight excluding hydrogens is 313 g/mol. The maximum absolute atomic E-state index is 14.1. The summed E-state index contributed by atoms with van der Waals surface area (Å²) in [4.78, 5) is 2.23. The second kappa shape index (κ2) is 5.88. The molecule has 19 heavy (non-hydrogen) atoms. The van der Waals surface area contributed by atoms with Crippen LogP contribution >= 0.6 is 15.9 Å². The molecule has 0 aromatic heterocycles. The molecule has 1 aliphatic rings. The van der Waals surface area contributed by atoms with Gasteiger partial charge in [0.25, 0.3) is 0 Å². The maximum atomic E-state index is 14.1. The molecule has 0 radical (unpaired) electrons. The van der Waals surface area contributed by atoms with E-state index in [4.69, 9.17) is 15.9 Å². The summed E-state index contributed by atoms with van der Waals surface area (Å²) in [7, 11) is 2.06. The number of hydrogen-bond acceptors (Lipinski definition) is 3. The van der Waals surface area contributed by atoms with Crippen molar-refractivity contribution in [2.75, 3.05) is 20.1 Å². The molecule has 1 aromatic carbocycles. The Bertz CT molecular complexity index is 487. The van der Waals surface area contributed by atoms with Gasteiger partial charge in [-0.15, -0.1) is 0 Å². The van der Waals surface area contributed by atoms with Crippen LogP contribution in [0.2, 0.25) is 0 Å². The van der Waals surface area contributed by atoms with E-state index in [1.807, 2.05) is 0 Å². The highest BCUT2D eigenvalue weighted by Gasteiger charge is 2.21. The fourth-order valence-corrected chi connectivity index (χ4v) is 2.65. The molecule has 1 aliphatic heterocycles. The third-order valence-corrected chi connectivity index (χ3v) is 4.07. The summed E-state index contributed by atoms with van der Waals surface area (Å²) < 4.78 is 20.0. The molecule has 3 N–H and O–H groups in total. The number of benzene rings is 1. The third kappa shape index (κ3) is 3.25. The maximum Gasteiger partial charge on any atom is 0.179 e. The zero-order chi connectivity index (χ0) is 14.0. The Balaban J connectivity index is 2.13. The van der Waals surface area contributed by atoms with Crippen LogP contribution in [0.5, 0.6) is 5.75 Å². The molecule has 1 fully saturated rings. The summed E-state index contributed by atoms with van der Waals surface area (Å²) in [6.45, 7) is 1.91. The molecule has 6 heteroatoms. The van der Waals surface area contributed by atoms with Gasteiger partial charge in [-0.05, 0) is 48.0 Å². The van der Waals surface area contributed by atoms with Gasteiger partial charge in [0.15, 0.2) is 11.6 Å². The molecule has 0 saturated carbocycles. The molecule has 4 nitrogen and oxygen atoms in total. The molecule has 0 atom stereocenters. The number of nitrogen functional groups attached to an aromatic ring is 1. The molecule has 0 amide bonds. The van der Waals surface area contributed by atoms with Crippen molar-refractivity contribution < 1.29 is 9.13 Å². The standard InChI is InChI=1S/C13H17BrFN3O/c1-18-6-4-8(5-7-18)19-10-3-2-9(13(16)17)11(14)12(10)15/h2-3,8H,4-7H2,1H3,(H3,16,17). The molecular formula is C13H17BrFN3O. The van der Waals surface area contributed by atoms with Gasteiger partial charge in [-0.1, -0.05) is 0 Å². The monoisotopic (exact) mass is 329 g/mol. The van der Waals surface area contributed by atoms with E-state index in [-0.39, 0.29) is 22.2 Å². The van der Waals surface area contributed by atoms with Crippen LogP contribution in [0.15, 0.2) is 16.6 Å². The zero-order valence-electron chi connectivity index (χ0n) is 10.7. The van der Waals surface area contributed by atoms with Gasteiger partial charge >= 0.3 is 0 Å². The number of nitrogens with zero attached hydrogens (tertiary/aromatic N) is 1. The molecule has 0 spiro atoms. The van der Waals surface area contributed by atoms with Gasteiger partial charge in [0.1, 0.15) is 11.9 Å². The first-order valence-corrected chi connectivity index (χ1v) is 6.96. The normalized spacial score (nSPS) is 17.4. The molecule has 0 bridgehead atoms. The fourth-order valence-electron chi connectivity index (χ4n) is 2.11. The lowest BCUT2D eigenvalue weighted by Crippen LogP contribution is -2.35. The zero-order valence-corrected chi connectivity index (χ0v) is 12.3. The predicted octanol–water partition coefficient (Wildman–Crippen LogP) is 2.35. The number of likely N-dealkylation sites (tertiary alicyclic amines) is 1. The number of rotatable bonds is 3. The first-order chi connectivity index (χ1) is 8.99. The SMILES string of the molecule is CN1CCC(Oc2ccc(C(=N)N)c(Br)c2F)CC1. The Morgan fingerprint density at radius 2 is 2.11 bits per heavy atom. The van der Waals surface area contributed by atoms with Crippen molar-refractivity contribution in [1.82, 2.24) is 4.90 Å². The Kier molecular flexibility index (Phi) is 4.42. The third-order valence-electron chi connectivity index (χ3n) is 3.30. The van der Waals surface area contributed by atoms with Crippen LogP contribution in [-0.4, -0.2) is 37.0 Å². The summed E-state index contributed by atoms with van der Waals surface area (Å²) in [6, 6.07) is 3.13. The first-order valence-electron chi connectivity index (χ1n) is 6.16. The Morgan fingerprint density at radius 3 is 2.68 bits per heavy atom. The number of hydrogen-bond donors (Lipinski definition) is 2. The molecule has 1 heterocycles. The van der Waals surface area contributed by atoms with E-state index in [0.29, 0.717) is 5.56 Å². The van der Waals surface area contributed by atoms with E-state index in [1.165, 1.54) is 6.07 Å². The fraction of sp³-hybridized carbons (Fsp3) is 0.462. The quantitative estimate of drug-likeness (QED) is 0.661. The van der Waals surface area contributed by atoms with Crippen molar-refractivity contribution >= 4 is 21.8 Å². The van der Waals surface area contributed by atoms with E-state index < -0.39 is 5.82 Å². The van der Waals surface area contributed by atoms with Crippen LogP contribution in [0.3, 0.4) is 0 Å². The van der Waals surface area contributed by atoms with Crippen LogP contribution < -0.4 is 10.5 Å². The lowest BCUT2D eigenvalue weighted by Gasteiger charge is -2.29. The second-order valence-electron chi connectivity index (χ2n) is 4.77. The van der Waals surface area contributed by atoms with Crippen molar-refractivity contribution in [2.24, 2.45) is 5.73 Å². The van der Waals surface area contributed by atoms with E-state index in [1.54, 1.807) is 6.07 Å². The summed E-state index contributed by atoms with van der Waals surface area (Å²) in [6.07, 6.45) is 1.82. The summed E-state index contributed by atoms with van der Waals surface area (Å²) >= 11 is 3.12. The number of ether oxygens (including phenoxy) is 1. The summed E-state index contributed by atoms with van der Waals surface area (Å²) in [5, 5.41) is 7.35. The van der Waals surface area contributed by atoms with Gasteiger partial charge in [-0.2, -0.15) is 0 Å². The van der Waals surface area contributed by atoms with Gasteiger partial charge < -0.3 is 15.4 Å². The largest absolute Gasteiger partial charge is 0.487 e. The van der Waals surface area contributed by atoms with Gasteiger partial charge in [0.2, 0.25) is 0 Å². The van der Waals surface area contributed by atoms with Crippen LogP contribution in [0.4, 0.5) is 4.39 Å². The minimum Gasteiger partial charge on any atom is -0.487 e. The van der Waals surface area contributed by atoms with Crippen molar-refractivity contribution in [3.63, 3.8) is 0 Å². The molecule has 2 rings (SSSR count). The molecule has 1 saturated heterocycles. The number of piperidine rings is 1. The molecule has 0 unspecified atom stereocenters. The lowest BCUT2D eigenvalue weighted by atomic mass is 10.1. The Labute approximate surface area is 120 Å². The van der Waals surface area contributed by atoms with Gasteiger partial charge in [-0.3, -0.25) is 5.41 Å². The highest BCUT2D eigenvalue weighted by Crippen LogP contribution is 2.30. The Hall–Kier alpha value is -1.14. The number of nitrogens with two attached hydrogens (primary N) is 1. The number of nitrogens with one attached hydrogen (secondary N) is 1. The Morgan fingerprint density at radius 1 is 1.47 bits per heavy atom. The van der Waals surface area contributed by atoms with E-state index in [0.717, 1.165) is 25.9 Å². The van der Waals surface area contributed by atoms with Gasteiger partial charge in [-0.25, -0.2) is 4.39 Å². The van der Waals surface area contributed by atoms with E-state index in [9.17, 15) is 4.39 Å². The second-order valence-corrected chi connectivity index (χ2v) is 5.57. The molecule has 104 valence electrons. The van der Waals surface area contributed by atoms with Crippen LogP contribution in [0, 0.1) is 11.2 Å². The van der Waals surface area contributed by atoms with Crippen LogP contribution in [-0.2, 0) is 0 Å². The van der Waals surface area contributed by atoms with Crippen molar-refractivity contribution in [3.8, 4) is 5.75 Å². The molecule has 1 aromatic rings. The average molecular weight is 330 g/mol. The topological polar surface area (TPSA) is 62.3 Å². The summed E-state index contributed by atoms with van der Waals surface area (Å²) in [5.74, 6) is -0.449. The average Bonchev–Trinajstić information content (AvgIpc) is 2.37. The van der Waals surface area contributed by atoms with Gasteiger partial charge in [0.05, 0.1) is 4.47 Å². The smallest absolute Gasteiger partial charge is 0.179 e. The number of amidine groups is 1. The minimum atomic E-state index is -0.494. The minimum absolute atomic E-state index is 0.0424. The summed E-state index contributed by atoms with van der Waals surface area (Å²) in [5.41, 5.74) is 5.71. The highest BCUT2D eigenvalue weighted by atomic mass is 79.9. The van der Waals surface area contributed by atoms with Gasteiger partial charge in [0, 0.05) is 18.7 Å². The number of halogens is 2. The van der Waals surface area contributed by atoms with Crippen LogP contribution in [0.1, 0.15) is 18.4 Å². The predicted molar refractivity (Wildman–Crippen MR) is 76.3 cm³/mol. The van der Waals surface area contributed by atoms with Crippen molar-refractivity contribution in [3.05, 3.63) is 28.0 Å². The van der Waals surface area contributed by atoms with Crippen molar-refractivity contribution in [1.29, 1.82) is 5.41 Å². The van der Waals surface area contributed by atoms with Crippen LogP contribution in [0.25, 0.3) is 0 Å². The molecule has 0 aliphatic carbocycles. The highest BCUT2D eigenvalue weighted by molar-refractivity contribution is 9.10.